The van der Waals surface area contributed by atoms with Gasteiger partial charge in [0.25, 0.3) is 0 Å². The van der Waals surface area contributed by atoms with Crippen LogP contribution in [0.15, 0.2) is 46.4 Å². The number of hydrogen-bond acceptors (Lipinski definition) is 2. The van der Waals surface area contributed by atoms with Crippen molar-refractivity contribution in [2.75, 3.05) is 0 Å². The molecule has 0 atom stereocenters. The van der Waals surface area contributed by atoms with E-state index in [0.717, 1.165) is 14.9 Å². The van der Waals surface area contributed by atoms with Crippen molar-refractivity contribution in [1.29, 1.82) is 0 Å². The summed E-state index contributed by atoms with van der Waals surface area (Å²) in [6.07, 6.45) is 2.30. The fraction of sp³-hybridized carbons (Fsp3) is 0.0714. The maximum Gasteiger partial charge on any atom is 0.127 e. The molecule has 3 rings (SSSR count). The first-order valence-electron chi connectivity index (χ1n) is 5.49. The van der Waals surface area contributed by atoms with E-state index in [1.807, 2.05) is 17.5 Å². The smallest absolute Gasteiger partial charge is 0.127 e. The maximum atomic E-state index is 13.8. The molecule has 2 heterocycles. The minimum Gasteiger partial charge on any atom is -0.259 e. The molecule has 2 aromatic heterocycles. The molecule has 0 radical (unpaired) electrons. The highest BCUT2D eigenvalue weighted by Crippen LogP contribution is 2.26. The van der Waals surface area contributed by atoms with Crippen LogP contribution in [0.4, 0.5) is 4.39 Å². The number of thiophene rings is 1. The van der Waals surface area contributed by atoms with Gasteiger partial charge in [-0.1, -0.05) is 22.0 Å². The topological polar surface area (TPSA) is 12.9 Å². The first kappa shape index (κ1) is 11.8. The van der Waals surface area contributed by atoms with Gasteiger partial charge in [-0.3, -0.25) is 4.98 Å². The van der Waals surface area contributed by atoms with E-state index in [-0.39, 0.29) is 5.82 Å². The molecule has 0 saturated carbocycles. The molecule has 0 N–H and O–H groups in total. The van der Waals surface area contributed by atoms with Gasteiger partial charge < -0.3 is 0 Å². The zero-order valence-corrected chi connectivity index (χ0v) is 11.8. The highest BCUT2D eigenvalue weighted by molar-refractivity contribution is 9.10. The largest absolute Gasteiger partial charge is 0.259 e. The van der Waals surface area contributed by atoms with E-state index in [4.69, 9.17) is 0 Å². The molecule has 0 unspecified atom stereocenters. The highest BCUT2D eigenvalue weighted by Gasteiger charge is 2.08. The third-order valence-corrected chi connectivity index (χ3v) is 4.29. The SMILES string of the molecule is Fc1cc(Br)ccc1Cc1nccc2ccsc12. The Kier molecular flexibility index (Phi) is 3.14. The van der Waals surface area contributed by atoms with Gasteiger partial charge in [-0.15, -0.1) is 11.3 Å². The number of benzene rings is 1. The minimum atomic E-state index is -0.195. The number of nitrogens with zero attached hydrogens (tertiary/aromatic N) is 1. The van der Waals surface area contributed by atoms with Crippen LogP contribution in [0.3, 0.4) is 0 Å². The zero-order valence-electron chi connectivity index (χ0n) is 9.36. The highest BCUT2D eigenvalue weighted by atomic mass is 79.9. The molecule has 0 spiro atoms. The lowest BCUT2D eigenvalue weighted by Crippen LogP contribution is -1.95. The summed E-state index contributed by atoms with van der Waals surface area (Å²) in [6, 6.07) is 9.18. The Morgan fingerprint density at radius 1 is 1.22 bits per heavy atom. The summed E-state index contributed by atoms with van der Waals surface area (Å²) in [7, 11) is 0. The molecule has 0 aliphatic carbocycles. The predicted molar refractivity (Wildman–Crippen MR) is 76.5 cm³/mol. The standard InChI is InChI=1S/C14H9BrFNS/c15-11-2-1-10(12(16)8-11)7-13-14-9(3-5-17-13)4-6-18-14/h1-6,8H,7H2. The molecule has 0 aliphatic heterocycles. The Hall–Kier alpha value is -1.26. The quantitative estimate of drug-likeness (QED) is 0.661. The van der Waals surface area contributed by atoms with Crippen LogP contribution >= 0.6 is 27.3 Å². The van der Waals surface area contributed by atoms with Gasteiger partial charge >= 0.3 is 0 Å². The summed E-state index contributed by atoms with van der Waals surface area (Å²) in [4.78, 5) is 4.37. The second kappa shape index (κ2) is 4.78. The average Bonchev–Trinajstić information content (AvgIpc) is 2.82. The molecular formula is C14H9BrFNS. The third kappa shape index (κ3) is 2.18. The van der Waals surface area contributed by atoms with Crippen molar-refractivity contribution >= 4 is 37.4 Å². The van der Waals surface area contributed by atoms with E-state index < -0.39 is 0 Å². The van der Waals surface area contributed by atoms with Gasteiger partial charge in [0.05, 0.1) is 10.4 Å². The zero-order chi connectivity index (χ0) is 12.5. The summed E-state index contributed by atoms with van der Waals surface area (Å²) >= 11 is 4.91. The number of aromatic nitrogens is 1. The van der Waals surface area contributed by atoms with Gasteiger partial charge in [-0.25, -0.2) is 4.39 Å². The fourth-order valence-corrected chi connectivity index (χ4v) is 3.14. The number of fused-ring (bicyclic) bond motifs is 1. The van der Waals surface area contributed by atoms with Crippen LogP contribution in [-0.4, -0.2) is 4.98 Å². The van der Waals surface area contributed by atoms with Gasteiger partial charge in [0.1, 0.15) is 5.82 Å². The van der Waals surface area contributed by atoms with Crippen LogP contribution in [-0.2, 0) is 6.42 Å². The van der Waals surface area contributed by atoms with Crippen LogP contribution in [0.2, 0.25) is 0 Å². The van der Waals surface area contributed by atoms with Crippen molar-refractivity contribution in [3.63, 3.8) is 0 Å². The maximum absolute atomic E-state index is 13.8. The first-order chi connectivity index (χ1) is 8.74. The predicted octanol–water partition coefficient (Wildman–Crippen LogP) is 4.79. The number of halogens is 2. The Balaban J connectivity index is 2.03. The van der Waals surface area contributed by atoms with Crippen molar-refractivity contribution < 1.29 is 4.39 Å². The third-order valence-electron chi connectivity index (χ3n) is 2.82. The Labute approximate surface area is 116 Å². The Morgan fingerprint density at radius 2 is 2.11 bits per heavy atom. The summed E-state index contributed by atoms with van der Waals surface area (Å²) in [6.45, 7) is 0. The van der Waals surface area contributed by atoms with E-state index in [1.54, 1.807) is 23.6 Å². The lowest BCUT2D eigenvalue weighted by Gasteiger charge is -2.04. The van der Waals surface area contributed by atoms with Crippen LogP contribution < -0.4 is 0 Å². The second-order valence-corrected chi connectivity index (χ2v) is 5.84. The van der Waals surface area contributed by atoms with Crippen molar-refractivity contribution in [2.24, 2.45) is 0 Å². The molecule has 3 aromatic rings. The average molecular weight is 322 g/mol. The second-order valence-electron chi connectivity index (χ2n) is 4.01. The molecule has 0 saturated heterocycles. The monoisotopic (exact) mass is 321 g/mol. The Morgan fingerprint density at radius 3 is 2.94 bits per heavy atom. The molecule has 0 amide bonds. The van der Waals surface area contributed by atoms with Crippen LogP contribution in [0.25, 0.3) is 10.1 Å². The molecule has 1 nitrogen and oxygen atoms in total. The number of rotatable bonds is 2. The van der Waals surface area contributed by atoms with Crippen molar-refractivity contribution in [3.05, 3.63) is 63.5 Å². The molecular weight excluding hydrogens is 313 g/mol. The Bertz CT molecular complexity index is 708. The van der Waals surface area contributed by atoms with Crippen molar-refractivity contribution in [1.82, 2.24) is 4.98 Å². The minimum absolute atomic E-state index is 0.195. The summed E-state index contributed by atoms with van der Waals surface area (Å²) in [5.41, 5.74) is 1.61. The summed E-state index contributed by atoms with van der Waals surface area (Å²) < 4.78 is 15.7. The van der Waals surface area contributed by atoms with E-state index in [1.165, 1.54) is 11.5 Å². The van der Waals surface area contributed by atoms with Gasteiger partial charge in [0.15, 0.2) is 0 Å². The summed E-state index contributed by atoms with van der Waals surface area (Å²) in [5, 5.41) is 3.20. The van der Waals surface area contributed by atoms with E-state index >= 15 is 0 Å². The fourth-order valence-electron chi connectivity index (χ4n) is 1.92. The van der Waals surface area contributed by atoms with Gasteiger partial charge in [0, 0.05) is 17.1 Å². The van der Waals surface area contributed by atoms with E-state index in [9.17, 15) is 4.39 Å². The van der Waals surface area contributed by atoms with Crippen LogP contribution in [0.5, 0.6) is 0 Å². The molecule has 18 heavy (non-hydrogen) atoms. The van der Waals surface area contributed by atoms with Gasteiger partial charge in [-0.05, 0) is 40.6 Å². The van der Waals surface area contributed by atoms with Gasteiger partial charge in [0.2, 0.25) is 0 Å². The summed E-state index contributed by atoms with van der Waals surface area (Å²) in [5.74, 6) is -0.195. The molecule has 0 fully saturated rings. The normalized spacial score (nSPS) is 11.0. The number of pyridine rings is 1. The van der Waals surface area contributed by atoms with Crippen molar-refractivity contribution in [3.8, 4) is 0 Å². The van der Waals surface area contributed by atoms with Crippen LogP contribution in [0, 0.1) is 5.82 Å². The van der Waals surface area contributed by atoms with Crippen molar-refractivity contribution in [2.45, 2.75) is 6.42 Å². The molecule has 1 aromatic carbocycles. The lowest BCUT2D eigenvalue weighted by molar-refractivity contribution is 0.612. The molecule has 90 valence electrons. The number of hydrogen-bond donors (Lipinski definition) is 0. The first-order valence-corrected chi connectivity index (χ1v) is 7.16. The molecule has 0 bridgehead atoms. The van der Waals surface area contributed by atoms with E-state index in [0.29, 0.717) is 12.0 Å². The van der Waals surface area contributed by atoms with Crippen LogP contribution in [0.1, 0.15) is 11.3 Å². The van der Waals surface area contributed by atoms with Gasteiger partial charge in [-0.2, -0.15) is 0 Å². The molecule has 0 aliphatic rings. The van der Waals surface area contributed by atoms with E-state index in [2.05, 4.69) is 27.0 Å². The lowest BCUT2D eigenvalue weighted by atomic mass is 10.1. The molecule has 4 heteroatoms.